The van der Waals surface area contributed by atoms with Crippen molar-refractivity contribution >= 4 is 0 Å². The van der Waals surface area contributed by atoms with Crippen molar-refractivity contribution in [3.63, 3.8) is 0 Å². The SMILES string of the molecule is C[C@H](O)c1cn(C2CCC2)nn1. The van der Waals surface area contributed by atoms with E-state index in [-0.39, 0.29) is 0 Å². The number of aliphatic hydroxyl groups excluding tert-OH is 1. The fraction of sp³-hybridized carbons (Fsp3) is 0.750. The standard InChI is InChI=1S/C8H13N3O/c1-6(12)8-5-11(10-9-8)7-3-2-4-7/h5-7,12H,2-4H2,1H3/t6-/m0/s1. The molecule has 66 valence electrons. The van der Waals surface area contributed by atoms with E-state index >= 15 is 0 Å². The second-order valence-electron chi connectivity index (χ2n) is 3.38. The van der Waals surface area contributed by atoms with Gasteiger partial charge in [-0.1, -0.05) is 5.21 Å². The van der Waals surface area contributed by atoms with Gasteiger partial charge in [0.15, 0.2) is 0 Å². The van der Waals surface area contributed by atoms with Crippen molar-refractivity contribution in [3.8, 4) is 0 Å². The first-order valence-corrected chi connectivity index (χ1v) is 4.37. The molecule has 1 aromatic heterocycles. The van der Waals surface area contributed by atoms with E-state index in [0.717, 1.165) is 0 Å². The molecular weight excluding hydrogens is 154 g/mol. The van der Waals surface area contributed by atoms with Crippen molar-refractivity contribution < 1.29 is 5.11 Å². The number of aromatic nitrogens is 3. The highest BCUT2D eigenvalue weighted by Crippen LogP contribution is 2.30. The minimum atomic E-state index is -0.501. The highest BCUT2D eigenvalue weighted by Gasteiger charge is 2.21. The molecule has 0 radical (unpaired) electrons. The molecule has 0 aliphatic heterocycles. The number of nitrogens with zero attached hydrogens (tertiary/aromatic N) is 3. The Balaban J connectivity index is 2.12. The number of rotatable bonds is 2. The molecule has 4 heteroatoms. The van der Waals surface area contributed by atoms with Crippen molar-refractivity contribution in [2.45, 2.75) is 38.3 Å². The first kappa shape index (κ1) is 7.73. The van der Waals surface area contributed by atoms with Gasteiger partial charge in [-0.25, -0.2) is 4.68 Å². The molecule has 1 saturated carbocycles. The molecular formula is C8H13N3O. The summed E-state index contributed by atoms with van der Waals surface area (Å²) in [6.45, 7) is 1.70. The molecule has 4 nitrogen and oxygen atoms in total. The number of hydrogen-bond acceptors (Lipinski definition) is 3. The highest BCUT2D eigenvalue weighted by molar-refractivity contribution is 4.97. The van der Waals surface area contributed by atoms with Gasteiger partial charge in [-0.05, 0) is 26.2 Å². The molecule has 1 atom stereocenters. The van der Waals surface area contributed by atoms with Gasteiger partial charge in [-0.15, -0.1) is 5.10 Å². The molecule has 0 amide bonds. The molecule has 0 bridgehead atoms. The number of hydrogen-bond donors (Lipinski definition) is 1. The van der Waals surface area contributed by atoms with E-state index in [4.69, 9.17) is 0 Å². The van der Waals surface area contributed by atoms with Crippen molar-refractivity contribution in [2.24, 2.45) is 0 Å². The zero-order valence-electron chi connectivity index (χ0n) is 7.14. The molecule has 0 spiro atoms. The summed E-state index contributed by atoms with van der Waals surface area (Å²) < 4.78 is 1.87. The van der Waals surface area contributed by atoms with E-state index in [1.54, 1.807) is 6.92 Å². The third-order valence-electron chi connectivity index (χ3n) is 2.40. The summed E-state index contributed by atoms with van der Waals surface area (Å²) in [5.41, 5.74) is 0.668. The minimum Gasteiger partial charge on any atom is -0.387 e. The lowest BCUT2D eigenvalue weighted by atomic mass is 9.93. The van der Waals surface area contributed by atoms with Crippen LogP contribution in [0.1, 0.15) is 44.0 Å². The van der Waals surface area contributed by atoms with Gasteiger partial charge in [0, 0.05) is 0 Å². The van der Waals surface area contributed by atoms with E-state index < -0.39 is 6.10 Å². The minimum absolute atomic E-state index is 0.501. The molecule has 1 aromatic rings. The summed E-state index contributed by atoms with van der Waals surface area (Å²) in [6.07, 6.45) is 5.02. The summed E-state index contributed by atoms with van der Waals surface area (Å²) >= 11 is 0. The van der Waals surface area contributed by atoms with Gasteiger partial charge in [0.05, 0.1) is 18.3 Å². The monoisotopic (exact) mass is 167 g/mol. The Labute approximate surface area is 71.2 Å². The summed E-state index contributed by atoms with van der Waals surface area (Å²) in [5.74, 6) is 0. The second-order valence-corrected chi connectivity index (χ2v) is 3.38. The van der Waals surface area contributed by atoms with Crippen LogP contribution in [-0.4, -0.2) is 20.1 Å². The van der Waals surface area contributed by atoms with E-state index in [0.29, 0.717) is 11.7 Å². The Morgan fingerprint density at radius 3 is 2.83 bits per heavy atom. The van der Waals surface area contributed by atoms with Gasteiger partial charge in [0.2, 0.25) is 0 Å². The summed E-state index contributed by atoms with van der Waals surface area (Å²) in [5, 5.41) is 17.0. The Bertz CT molecular complexity index is 265. The van der Waals surface area contributed by atoms with Crippen LogP contribution < -0.4 is 0 Å². The average molecular weight is 167 g/mol. The fourth-order valence-corrected chi connectivity index (χ4v) is 1.31. The van der Waals surface area contributed by atoms with Gasteiger partial charge in [0.25, 0.3) is 0 Å². The van der Waals surface area contributed by atoms with Gasteiger partial charge in [-0.2, -0.15) is 0 Å². The summed E-state index contributed by atoms with van der Waals surface area (Å²) in [6, 6.07) is 0.532. The number of aliphatic hydroxyl groups is 1. The highest BCUT2D eigenvalue weighted by atomic mass is 16.3. The van der Waals surface area contributed by atoms with Gasteiger partial charge in [-0.3, -0.25) is 0 Å². The second kappa shape index (κ2) is 2.86. The smallest absolute Gasteiger partial charge is 0.111 e. The van der Waals surface area contributed by atoms with Crippen molar-refractivity contribution in [1.29, 1.82) is 0 Å². The Morgan fingerprint density at radius 1 is 1.67 bits per heavy atom. The van der Waals surface area contributed by atoms with Gasteiger partial charge < -0.3 is 5.11 Å². The lowest BCUT2D eigenvalue weighted by Crippen LogP contribution is -2.17. The molecule has 1 heterocycles. The molecule has 12 heavy (non-hydrogen) atoms. The molecule has 0 aromatic carbocycles. The zero-order valence-corrected chi connectivity index (χ0v) is 7.14. The van der Waals surface area contributed by atoms with Crippen LogP contribution >= 0.6 is 0 Å². The molecule has 0 saturated heterocycles. The molecule has 1 aliphatic carbocycles. The molecule has 2 rings (SSSR count). The first-order chi connectivity index (χ1) is 5.77. The van der Waals surface area contributed by atoms with E-state index in [9.17, 15) is 5.11 Å². The van der Waals surface area contributed by atoms with Crippen LogP contribution in [0, 0.1) is 0 Å². The molecule has 1 fully saturated rings. The van der Waals surface area contributed by atoms with Crippen molar-refractivity contribution in [1.82, 2.24) is 15.0 Å². The fourth-order valence-electron chi connectivity index (χ4n) is 1.31. The van der Waals surface area contributed by atoms with Crippen LogP contribution in [0.15, 0.2) is 6.20 Å². The predicted octanol–water partition coefficient (Wildman–Crippen LogP) is 1.06. The topological polar surface area (TPSA) is 50.9 Å². The molecule has 0 unspecified atom stereocenters. The predicted molar refractivity (Wildman–Crippen MR) is 43.5 cm³/mol. The summed E-state index contributed by atoms with van der Waals surface area (Å²) in [4.78, 5) is 0. The quantitative estimate of drug-likeness (QED) is 0.716. The van der Waals surface area contributed by atoms with Crippen molar-refractivity contribution in [3.05, 3.63) is 11.9 Å². The van der Waals surface area contributed by atoms with E-state index in [2.05, 4.69) is 10.3 Å². The van der Waals surface area contributed by atoms with Crippen LogP contribution in [0.25, 0.3) is 0 Å². The summed E-state index contributed by atoms with van der Waals surface area (Å²) in [7, 11) is 0. The Hall–Kier alpha value is -0.900. The maximum Gasteiger partial charge on any atom is 0.111 e. The van der Waals surface area contributed by atoms with Crippen molar-refractivity contribution in [2.75, 3.05) is 0 Å². The zero-order chi connectivity index (χ0) is 8.55. The van der Waals surface area contributed by atoms with Crippen LogP contribution in [0.5, 0.6) is 0 Å². The molecule has 1 N–H and O–H groups in total. The van der Waals surface area contributed by atoms with Crippen LogP contribution in [-0.2, 0) is 0 Å². The van der Waals surface area contributed by atoms with Gasteiger partial charge in [0.1, 0.15) is 5.69 Å². The van der Waals surface area contributed by atoms with E-state index in [1.165, 1.54) is 19.3 Å². The average Bonchev–Trinajstić information content (AvgIpc) is 2.32. The van der Waals surface area contributed by atoms with Crippen LogP contribution in [0.4, 0.5) is 0 Å². The third kappa shape index (κ3) is 1.22. The van der Waals surface area contributed by atoms with Crippen LogP contribution in [0.3, 0.4) is 0 Å². The molecule has 1 aliphatic rings. The first-order valence-electron chi connectivity index (χ1n) is 4.37. The third-order valence-corrected chi connectivity index (χ3v) is 2.40. The Kier molecular flexibility index (Phi) is 1.84. The lowest BCUT2D eigenvalue weighted by molar-refractivity contribution is 0.194. The largest absolute Gasteiger partial charge is 0.387 e. The maximum atomic E-state index is 9.19. The van der Waals surface area contributed by atoms with Crippen LogP contribution in [0.2, 0.25) is 0 Å². The normalized spacial score (nSPS) is 20.5. The Morgan fingerprint density at radius 2 is 2.42 bits per heavy atom. The van der Waals surface area contributed by atoms with E-state index in [1.807, 2.05) is 10.9 Å². The maximum absolute atomic E-state index is 9.19. The van der Waals surface area contributed by atoms with Gasteiger partial charge >= 0.3 is 0 Å². The lowest BCUT2D eigenvalue weighted by Gasteiger charge is -2.24.